The molecule has 6 rings (SSSR count). The Morgan fingerprint density at radius 1 is 0.333 bits per heavy atom. The first-order valence-electron chi connectivity index (χ1n) is 39.3. The Morgan fingerprint density at radius 3 is 0.909 bits per heavy atom. The number of aromatic nitrogens is 3. The quantitative estimate of drug-likeness (QED) is 0.0276. The van der Waals surface area contributed by atoms with Gasteiger partial charge in [-0.2, -0.15) is 0 Å². The number of carbonyl (C=O) groups excluding carboxylic acids is 3. The van der Waals surface area contributed by atoms with Gasteiger partial charge in [-0.3, -0.25) is 19.6 Å². The molecule has 6 aromatic rings. The number of unbranched alkanes of at least 4 members (excludes halogenated alkanes) is 36. The van der Waals surface area contributed by atoms with Crippen LogP contribution in [0.25, 0.3) is 22.8 Å². The monoisotopic (exact) mass is 1360 g/mol. The number of ether oxygens (including phenoxy) is 5. The molecular weight excluding hydrogens is 1230 g/mol. The SMILES string of the molecule is CCCCCCCCCCCCOc1cc(OCCCCCCCCCCCC)cc(C(=O)Nc2cc(C(=O)OCc3cc(-c4ccccn4)nc(-c4ccccn4)c3)cc(NC(=O)c3cc(OCCCCCCCCCCCC)cc(OCCCCCCCCCCCC)c3)c2C)c1. The smallest absolute Gasteiger partial charge is 0.338 e. The van der Waals surface area contributed by atoms with E-state index in [1.165, 1.54) is 205 Å². The lowest BCUT2D eigenvalue weighted by atomic mass is 10.1. The molecule has 0 aliphatic carbocycles. The summed E-state index contributed by atoms with van der Waals surface area (Å²) in [4.78, 5) is 58.4. The Bertz CT molecular complexity index is 2880. The number of nitrogens with zero attached hydrogens (tertiary/aromatic N) is 3. The Labute approximate surface area is 597 Å². The Kier molecular flexibility index (Phi) is 41.5. The van der Waals surface area contributed by atoms with Gasteiger partial charge in [0.15, 0.2) is 0 Å². The summed E-state index contributed by atoms with van der Waals surface area (Å²) >= 11 is 0. The number of hydrogen-bond acceptors (Lipinski definition) is 11. The molecule has 0 fully saturated rings. The molecular formula is C86H125N5O8. The Morgan fingerprint density at radius 2 is 0.626 bits per heavy atom. The highest BCUT2D eigenvalue weighted by atomic mass is 16.5. The van der Waals surface area contributed by atoms with E-state index in [9.17, 15) is 14.4 Å². The van der Waals surface area contributed by atoms with Gasteiger partial charge in [-0.05, 0) is 117 Å². The van der Waals surface area contributed by atoms with Crippen molar-refractivity contribution in [1.29, 1.82) is 0 Å². The number of rotatable bonds is 57. The zero-order valence-corrected chi connectivity index (χ0v) is 61.8. The van der Waals surface area contributed by atoms with Crippen LogP contribution >= 0.6 is 0 Å². The van der Waals surface area contributed by atoms with Crippen molar-refractivity contribution in [3.8, 4) is 45.8 Å². The second-order valence-electron chi connectivity index (χ2n) is 27.4. The van der Waals surface area contributed by atoms with Gasteiger partial charge in [0.25, 0.3) is 11.8 Å². The van der Waals surface area contributed by atoms with E-state index in [1.54, 1.807) is 48.8 Å². The maximum atomic E-state index is 14.9. The van der Waals surface area contributed by atoms with Crippen LogP contribution < -0.4 is 29.6 Å². The van der Waals surface area contributed by atoms with Crippen molar-refractivity contribution < 1.29 is 38.1 Å². The zero-order chi connectivity index (χ0) is 70.0. The van der Waals surface area contributed by atoms with Crippen LogP contribution in [0.1, 0.15) is 327 Å². The molecule has 13 nitrogen and oxygen atoms in total. The van der Waals surface area contributed by atoms with Crippen LogP contribution in [0.3, 0.4) is 0 Å². The molecule has 0 bridgehead atoms. The molecule has 0 saturated carbocycles. The Balaban J connectivity index is 1.25. The van der Waals surface area contributed by atoms with Gasteiger partial charge in [0.1, 0.15) is 29.6 Å². The second-order valence-corrected chi connectivity index (χ2v) is 27.4. The van der Waals surface area contributed by atoms with Gasteiger partial charge in [0.05, 0.1) is 54.8 Å². The molecule has 3 aromatic heterocycles. The minimum absolute atomic E-state index is 0.110. The van der Waals surface area contributed by atoms with E-state index in [-0.39, 0.29) is 12.2 Å². The number of nitrogens with one attached hydrogen (secondary N) is 2. The van der Waals surface area contributed by atoms with Crippen molar-refractivity contribution in [3.63, 3.8) is 0 Å². The first-order valence-corrected chi connectivity index (χ1v) is 39.3. The summed E-state index contributed by atoms with van der Waals surface area (Å²) in [6.07, 6.45) is 52.1. The molecule has 2 amide bonds. The van der Waals surface area contributed by atoms with E-state index < -0.39 is 17.8 Å². The molecule has 0 aliphatic heterocycles. The molecule has 542 valence electrons. The molecule has 0 aliphatic rings. The summed E-state index contributed by atoms with van der Waals surface area (Å²) in [6.45, 7) is 12.8. The fourth-order valence-electron chi connectivity index (χ4n) is 12.5. The zero-order valence-electron chi connectivity index (χ0n) is 61.8. The number of carbonyl (C=O) groups is 3. The number of esters is 1. The molecule has 0 radical (unpaired) electrons. The van der Waals surface area contributed by atoms with Gasteiger partial charge in [-0.1, -0.05) is 271 Å². The third-order valence-corrected chi connectivity index (χ3v) is 18.6. The van der Waals surface area contributed by atoms with Crippen LogP contribution in [0, 0.1) is 6.92 Å². The van der Waals surface area contributed by atoms with Gasteiger partial charge < -0.3 is 34.3 Å². The largest absolute Gasteiger partial charge is 0.493 e. The third kappa shape index (κ3) is 33.6. The van der Waals surface area contributed by atoms with Crippen LogP contribution in [0.15, 0.2) is 109 Å². The number of pyridine rings is 3. The minimum Gasteiger partial charge on any atom is -0.493 e. The van der Waals surface area contributed by atoms with Crippen LogP contribution in [-0.2, 0) is 11.3 Å². The minimum atomic E-state index is -0.674. The summed E-state index contributed by atoms with van der Waals surface area (Å²) in [5.41, 5.74) is 5.07. The van der Waals surface area contributed by atoms with Crippen molar-refractivity contribution >= 4 is 29.2 Å². The number of amides is 2. The number of anilines is 2. The van der Waals surface area contributed by atoms with E-state index in [4.69, 9.17) is 28.7 Å². The van der Waals surface area contributed by atoms with Crippen LogP contribution in [0.4, 0.5) is 11.4 Å². The highest BCUT2D eigenvalue weighted by Gasteiger charge is 2.21. The summed E-state index contributed by atoms with van der Waals surface area (Å²) in [6, 6.07) is 28.9. The first-order chi connectivity index (χ1) is 48.7. The lowest BCUT2D eigenvalue weighted by Gasteiger charge is -2.18. The van der Waals surface area contributed by atoms with E-state index in [0.717, 1.165) is 51.4 Å². The van der Waals surface area contributed by atoms with Gasteiger partial charge >= 0.3 is 5.97 Å². The fraction of sp³-hybridized carbons (Fsp3) is 0.581. The van der Waals surface area contributed by atoms with E-state index >= 15 is 0 Å². The highest BCUT2D eigenvalue weighted by Crippen LogP contribution is 2.33. The summed E-state index contributed by atoms with van der Waals surface area (Å²) < 4.78 is 31.8. The predicted octanol–water partition coefficient (Wildman–Crippen LogP) is 24.6. The normalized spacial score (nSPS) is 11.2. The number of benzene rings is 3. The molecule has 99 heavy (non-hydrogen) atoms. The molecule has 3 heterocycles. The first kappa shape index (κ1) is 80.7. The second kappa shape index (κ2) is 51.0. The standard InChI is InChI=1S/C86H125N5O8/c1-6-10-14-18-22-26-30-34-38-46-54-95-74-60-71(61-75(66-74)96-55-47-39-35-31-27-23-19-15-11-7-2)84(92)90-80-64-73(86(94)99-68-70-58-82(78-50-42-44-52-87-78)89-83(59-70)79-51-43-45-53-88-79)65-81(69(80)5)91-85(93)72-62-76(97-56-48-40-36-32-28-24-20-16-12-8-3)67-77(63-72)98-57-49-41-37-33-29-25-21-17-13-9-4/h42-45,50-53,58-67H,6-41,46-49,54-57,68H2,1-5H3,(H,90,92)(H,91,93). The van der Waals surface area contributed by atoms with Gasteiger partial charge in [0.2, 0.25) is 0 Å². The van der Waals surface area contributed by atoms with Crippen molar-refractivity contribution in [2.75, 3.05) is 37.1 Å². The summed E-state index contributed by atoms with van der Waals surface area (Å²) in [7, 11) is 0. The molecule has 0 saturated heterocycles. The maximum absolute atomic E-state index is 14.9. The molecule has 13 heteroatoms. The number of hydrogen-bond donors (Lipinski definition) is 2. The molecule has 0 unspecified atom stereocenters. The van der Waals surface area contributed by atoms with Gasteiger partial charge in [0, 0.05) is 47.0 Å². The van der Waals surface area contributed by atoms with Crippen molar-refractivity contribution in [1.82, 2.24) is 15.0 Å². The molecule has 0 atom stereocenters. The fourth-order valence-corrected chi connectivity index (χ4v) is 12.5. The average Bonchev–Trinajstić information content (AvgIpc) is 0.813. The van der Waals surface area contributed by atoms with E-state index in [1.807, 2.05) is 67.6 Å². The van der Waals surface area contributed by atoms with Crippen molar-refractivity contribution in [2.45, 2.75) is 298 Å². The summed E-state index contributed by atoms with van der Waals surface area (Å²) in [5, 5.41) is 6.27. The lowest BCUT2D eigenvalue weighted by molar-refractivity contribution is 0.0472. The molecule has 2 N–H and O–H groups in total. The lowest BCUT2D eigenvalue weighted by Crippen LogP contribution is -2.18. The third-order valence-electron chi connectivity index (χ3n) is 18.6. The Hall–Kier alpha value is -7.28. The van der Waals surface area contributed by atoms with Crippen LogP contribution in [0.5, 0.6) is 23.0 Å². The van der Waals surface area contributed by atoms with E-state index in [0.29, 0.717) is 106 Å². The topological polar surface area (TPSA) is 160 Å². The maximum Gasteiger partial charge on any atom is 0.338 e. The average molecular weight is 1360 g/mol. The van der Waals surface area contributed by atoms with Gasteiger partial charge in [-0.25, -0.2) is 9.78 Å². The van der Waals surface area contributed by atoms with E-state index in [2.05, 4.69) is 48.3 Å². The van der Waals surface area contributed by atoms with Crippen LogP contribution in [-0.4, -0.2) is 59.2 Å². The molecule has 3 aromatic carbocycles. The molecule has 0 spiro atoms. The predicted molar refractivity (Wildman–Crippen MR) is 409 cm³/mol. The van der Waals surface area contributed by atoms with Crippen molar-refractivity contribution in [2.24, 2.45) is 0 Å². The van der Waals surface area contributed by atoms with Gasteiger partial charge in [-0.15, -0.1) is 0 Å². The summed E-state index contributed by atoms with van der Waals surface area (Å²) in [5.74, 6) is 0.648. The van der Waals surface area contributed by atoms with Crippen LogP contribution in [0.2, 0.25) is 0 Å². The highest BCUT2D eigenvalue weighted by molar-refractivity contribution is 6.09. The van der Waals surface area contributed by atoms with Crippen molar-refractivity contribution in [3.05, 3.63) is 137 Å².